The Kier molecular flexibility index (Phi) is 4.10. The van der Waals surface area contributed by atoms with Crippen LogP contribution in [0.2, 0.25) is 4.34 Å². The summed E-state index contributed by atoms with van der Waals surface area (Å²) in [6.45, 7) is 2.25. The quantitative estimate of drug-likeness (QED) is 0.847. The molecule has 2 aromatic heterocycles. The Morgan fingerprint density at radius 1 is 1.41 bits per heavy atom. The lowest BCUT2D eigenvalue weighted by Crippen LogP contribution is -2.26. The lowest BCUT2D eigenvalue weighted by atomic mass is 9.94. The van der Waals surface area contributed by atoms with Gasteiger partial charge >= 0.3 is 0 Å². The molecule has 0 unspecified atom stereocenters. The summed E-state index contributed by atoms with van der Waals surface area (Å²) in [5.41, 5.74) is 1.28. The third-order valence-electron chi connectivity index (χ3n) is 3.87. The highest BCUT2D eigenvalue weighted by molar-refractivity contribution is 7.16. The Morgan fingerprint density at radius 3 is 2.82 bits per heavy atom. The number of nitrogens with zero attached hydrogens (tertiary/aromatic N) is 1. The number of hydrogen-bond donors (Lipinski definition) is 0. The fourth-order valence-corrected chi connectivity index (χ4v) is 3.91. The molecule has 22 heavy (non-hydrogen) atoms. The molecule has 2 heterocycles. The molecule has 1 amide bonds. The molecular weight excluding hydrogens is 322 g/mol. The van der Waals surface area contributed by atoms with E-state index in [1.165, 1.54) is 11.3 Å². The molecule has 0 N–H and O–H groups in total. The van der Waals surface area contributed by atoms with Crippen LogP contribution in [0.4, 0.5) is 0 Å². The first kappa shape index (κ1) is 15.3. The van der Waals surface area contributed by atoms with Gasteiger partial charge in [0.05, 0.1) is 16.4 Å². The molecular formula is C16H16ClNO3S. The summed E-state index contributed by atoms with van der Waals surface area (Å²) in [5.74, 6) is 0.813. The van der Waals surface area contributed by atoms with Gasteiger partial charge < -0.3 is 9.32 Å². The van der Waals surface area contributed by atoms with Gasteiger partial charge in [-0.15, -0.1) is 11.3 Å². The first-order valence-corrected chi connectivity index (χ1v) is 8.32. The number of thiophene rings is 1. The van der Waals surface area contributed by atoms with Gasteiger partial charge in [0.2, 0.25) is 0 Å². The number of carbonyl (C=O) groups excluding carboxylic acids is 2. The number of ketones is 1. The van der Waals surface area contributed by atoms with E-state index in [1.807, 2.05) is 12.1 Å². The first-order chi connectivity index (χ1) is 10.5. The molecule has 116 valence electrons. The molecule has 0 aliphatic heterocycles. The van der Waals surface area contributed by atoms with Crippen LogP contribution in [-0.2, 0) is 13.0 Å². The summed E-state index contributed by atoms with van der Waals surface area (Å²) in [7, 11) is 1.72. The van der Waals surface area contributed by atoms with Crippen molar-refractivity contribution in [3.05, 3.63) is 44.0 Å². The van der Waals surface area contributed by atoms with E-state index in [9.17, 15) is 9.59 Å². The van der Waals surface area contributed by atoms with Crippen molar-refractivity contribution in [3.8, 4) is 0 Å². The second-order valence-corrected chi connectivity index (χ2v) is 7.30. The topological polar surface area (TPSA) is 50.5 Å². The lowest BCUT2D eigenvalue weighted by Gasteiger charge is -2.15. The Morgan fingerprint density at radius 2 is 2.18 bits per heavy atom. The summed E-state index contributed by atoms with van der Waals surface area (Å²) in [6.07, 6.45) is 2.04. The minimum atomic E-state index is -0.204. The fourth-order valence-electron chi connectivity index (χ4n) is 2.77. The predicted octanol–water partition coefficient (Wildman–Crippen LogP) is 4.09. The molecule has 3 rings (SSSR count). The van der Waals surface area contributed by atoms with Crippen molar-refractivity contribution in [2.75, 3.05) is 7.05 Å². The highest BCUT2D eigenvalue weighted by Crippen LogP contribution is 2.30. The summed E-state index contributed by atoms with van der Waals surface area (Å²) in [4.78, 5) is 27.2. The van der Waals surface area contributed by atoms with Gasteiger partial charge in [0, 0.05) is 30.3 Å². The Balaban J connectivity index is 1.84. The van der Waals surface area contributed by atoms with Crippen LogP contribution in [0.1, 0.15) is 50.0 Å². The van der Waals surface area contributed by atoms with E-state index in [0.29, 0.717) is 34.2 Å². The summed E-state index contributed by atoms with van der Waals surface area (Å²) in [5, 5.41) is 0. The minimum Gasteiger partial charge on any atom is -0.455 e. The van der Waals surface area contributed by atoms with Crippen molar-refractivity contribution in [2.45, 2.75) is 32.7 Å². The van der Waals surface area contributed by atoms with Gasteiger partial charge in [0.15, 0.2) is 11.5 Å². The monoisotopic (exact) mass is 337 g/mol. The number of halogens is 1. The molecule has 2 aromatic rings. The number of amides is 1. The van der Waals surface area contributed by atoms with Crippen LogP contribution in [0.25, 0.3) is 0 Å². The number of furan rings is 1. The minimum absolute atomic E-state index is 0.0780. The number of aryl methyl sites for hydroxylation is 1. The maximum absolute atomic E-state index is 12.6. The van der Waals surface area contributed by atoms with E-state index in [4.69, 9.17) is 16.0 Å². The van der Waals surface area contributed by atoms with Crippen LogP contribution in [0.5, 0.6) is 0 Å². The van der Waals surface area contributed by atoms with E-state index in [1.54, 1.807) is 18.9 Å². The number of fused-ring (bicyclic) bond motifs is 1. The lowest BCUT2D eigenvalue weighted by molar-refractivity contribution is 0.0751. The summed E-state index contributed by atoms with van der Waals surface area (Å²) in [6, 6.07) is 3.72. The third kappa shape index (κ3) is 2.71. The average molecular weight is 338 g/mol. The smallest absolute Gasteiger partial charge is 0.289 e. The Labute approximate surface area is 137 Å². The van der Waals surface area contributed by atoms with Gasteiger partial charge in [-0.25, -0.2) is 0 Å². The highest BCUT2D eigenvalue weighted by Gasteiger charge is 2.30. The van der Waals surface area contributed by atoms with Crippen molar-refractivity contribution in [2.24, 2.45) is 0 Å². The molecule has 0 aromatic carbocycles. The van der Waals surface area contributed by atoms with Crippen LogP contribution in [0.15, 0.2) is 16.5 Å². The van der Waals surface area contributed by atoms with Crippen LogP contribution in [0.3, 0.4) is 0 Å². The van der Waals surface area contributed by atoms with Gasteiger partial charge in [0.25, 0.3) is 5.91 Å². The van der Waals surface area contributed by atoms with Crippen molar-refractivity contribution in [1.82, 2.24) is 4.90 Å². The molecule has 0 fully saturated rings. The number of Topliss-reactive ketones (excluding diaryl/α,β-unsaturated/α-hetero) is 1. The molecule has 0 saturated carbocycles. The van der Waals surface area contributed by atoms with E-state index in [2.05, 4.69) is 0 Å². The van der Waals surface area contributed by atoms with Gasteiger partial charge in [-0.3, -0.25) is 9.59 Å². The van der Waals surface area contributed by atoms with Crippen LogP contribution < -0.4 is 0 Å². The molecule has 1 aliphatic carbocycles. The number of hydrogen-bond acceptors (Lipinski definition) is 4. The van der Waals surface area contributed by atoms with Gasteiger partial charge in [0.1, 0.15) is 5.76 Å². The van der Waals surface area contributed by atoms with E-state index < -0.39 is 0 Å². The average Bonchev–Trinajstić information content (AvgIpc) is 3.03. The van der Waals surface area contributed by atoms with Crippen LogP contribution in [-0.4, -0.2) is 23.6 Å². The fraction of sp³-hybridized carbons (Fsp3) is 0.375. The normalized spacial score (nSPS) is 14.0. The molecule has 0 bridgehead atoms. The maximum atomic E-state index is 12.6. The largest absolute Gasteiger partial charge is 0.455 e. The van der Waals surface area contributed by atoms with E-state index in [-0.39, 0.29) is 17.5 Å². The molecule has 4 nitrogen and oxygen atoms in total. The number of rotatable bonds is 3. The molecule has 0 spiro atoms. The Hall–Kier alpha value is -1.59. The van der Waals surface area contributed by atoms with E-state index in [0.717, 1.165) is 17.7 Å². The highest BCUT2D eigenvalue weighted by atomic mass is 35.5. The van der Waals surface area contributed by atoms with E-state index >= 15 is 0 Å². The van der Waals surface area contributed by atoms with Gasteiger partial charge in [-0.2, -0.15) is 0 Å². The van der Waals surface area contributed by atoms with Gasteiger partial charge in [-0.1, -0.05) is 11.6 Å². The molecule has 6 heteroatoms. The molecule has 0 atom stereocenters. The molecule has 1 aliphatic rings. The third-order valence-corrected chi connectivity index (χ3v) is 5.08. The second-order valence-electron chi connectivity index (χ2n) is 5.50. The summed E-state index contributed by atoms with van der Waals surface area (Å²) < 4.78 is 6.40. The maximum Gasteiger partial charge on any atom is 0.289 e. The first-order valence-electron chi connectivity index (χ1n) is 7.12. The van der Waals surface area contributed by atoms with Crippen molar-refractivity contribution in [3.63, 3.8) is 0 Å². The second kappa shape index (κ2) is 5.89. The zero-order valence-corrected chi connectivity index (χ0v) is 14.0. The van der Waals surface area contributed by atoms with Crippen LogP contribution >= 0.6 is 22.9 Å². The standard InChI is InChI=1S/C16H16ClNO3S/c1-9-14-11(19)4-3-5-12(14)21-15(9)16(20)18(2)8-10-6-7-13(17)22-10/h6-7H,3-5,8H2,1-2H3. The Bertz CT molecular complexity index is 747. The SMILES string of the molecule is Cc1c(C(=O)N(C)Cc2ccc(Cl)s2)oc2c1C(=O)CCC2. The van der Waals surface area contributed by atoms with Crippen molar-refractivity contribution >= 4 is 34.6 Å². The van der Waals surface area contributed by atoms with Gasteiger partial charge in [-0.05, 0) is 25.5 Å². The zero-order valence-electron chi connectivity index (χ0n) is 12.4. The predicted molar refractivity (Wildman–Crippen MR) is 85.8 cm³/mol. The van der Waals surface area contributed by atoms with Crippen molar-refractivity contribution < 1.29 is 14.0 Å². The van der Waals surface area contributed by atoms with Crippen molar-refractivity contribution in [1.29, 1.82) is 0 Å². The zero-order chi connectivity index (χ0) is 15.9. The molecule has 0 saturated heterocycles. The molecule has 0 radical (unpaired) electrons. The van der Waals surface area contributed by atoms with Crippen LogP contribution in [0, 0.1) is 6.92 Å². The number of carbonyl (C=O) groups is 2. The summed E-state index contributed by atoms with van der Waals surface area (Å²) >= 11 is 7.36.